The zero-order valence-electron chi connectivity index (χ0n) is 12.4. The molecule has 0 aliphatic carbocycles. The van der Waals surface area contributed by atoms with E-state index in [0.717, 1.165) is 5.39 Å². The highest BCUT2D eigenvalue weighted by Gasteiger charge is 2.19. The van der Waals surface area contributed by atoms with Crippen LogP contribution in [0.2, 0.25) is 0 Å². The molecule has 0 bridgehead atoms. The van der Waals surface area contributed by atoms with Gasteiger partial charge in [0.25, 0.3) is 5.56 Å². The number of furan rings is 1. The molecule has 118 valence electrons. The summed E-state index contributed by atoms with van der Waals surface area (Å²) < 4.78 is 12.1. The molecule has 1 saturated heterocycles. The van der Waals surface area contributed by atoms with Crippen LogP contribution in [0.4, 0.5) is 0 Å². The second-order valence-electron chi connectivity index (χ2n) is 5.45. The molecule has 7 nitrogen and oxygen atoms in total. The van der Waals surface area contributed by atoms with E-state index >= 15 is 0 Å². The number of benzene rings is 1. The molecule has 7 heteroatoms. The molecule has 3 aromatic rings. The summed E-state index contributed by atoms with van der Waals surface area (Å²) in [4.78, 5) is 30.8. The summed E-state index contributed by atoms with van der Waals surface area (Å²) in [5, 5.41) is 0.797. The minimum atomic E-state index is -0.340. The summed E-state index contributed by atoms with van der Waals surface area (Å²) in [5.41, 5.74) is 0.987. The number of nitrogens with zero attached hydrogens (tertiary/aromatic N) is 3. The molecule has 4 rings (SSSR count). The number of carbonyl (C=O) groups is 1. The van der Waals surface area contributed by atoms with Gasteiger partial charge in [0.05, 0.1) is 19.5 Å². The molecule has 1 aromatic carbocycles. The number of rotatable bonds is 2. The van der Waals surface area contributed by atoms with Gasteiger partial charge in [0.1, 0.15) is 17.6 Å². The van der Waals surface area contributed by atoms with Crippen molar-refractivity contribution in [3.05, 3.63) is 40.9 Å². The first-order valence-electron chi connectivity index (χ1n) is 7.46. The van der Waals surface area contributed by atoms with Crippen LogP contribution in [0.5, 0.6) is 0 Å². The van der Waals surface area contributed by atoms with Crippen molar-refractivity contribution in [2.45, 2.75) is 6.54 Å². The number of fused-ring (bicyclic) bond motifs is 3. The molecule has 2 aromatic heterocycles. The third kappa shape index (κ3) is 2.39. The molecule has 23 heavy (non-hydrogen) atoms. The molecular formula is C16H15N3O4. The van der Waals surface area contributed by atoms with Crippen molar-refractivity contribution in [2.75, 3.05) is 26.3 Å². The van der Waals surface area contributed by atoms with Crippen molar-refractivity contribution in [1.82, 2.24) is 14.5 Å². The van der Waals surface area contributed by atoms with Gasteiger partial charge < -0.3 is 14.1 Å². The fourth-order valence-electron chi connectivity index (χ4n) is 2.79. The SMILES string of the molecule is O=C(Cn1cnc2c(oc3ccccc32)c1=O)N1CCOCC1. The summed E-state index contributed by atoms with van der Waals surface area (Å²) in [7, 11) is 0. The van der Waals surface area contributed by atoms with E-state index in [-0.39, 0.29) is 23.6 Å². The summed E-state index contributed by atoms with van der Waals surface area (Å²) >= 11 is 0. The van der Waals surface area contributed by atoms with E-state index in [2.05, 4.69) is 4.98 Å². The lowest BCUT2D eigenvalue weighted by atomic mass is 10.2. The van der Waals surface area contributed by atoms with Crippen LogP contribution in [-0.2, 0) is 16.1 Å². The Labute approximate surface area is 131 Å². The number of para-hydroxylation sites is 1. The molecule has 0 saturated carbocycles. The second kappa shape index (κ2) is 5.51. The van der Waals surface area contributed by atoms with Gasteiger partial charge in [0, 0.05) is 18.5 Å². The van der Waals surface area contributed by atoms with E-state index in [1.54, 1.807) is 11.0 Å². The lowest BCUT2D eigenvalue weighted by Gasteiger charge is -2.26. The molecule has 1 aliphatic rings. The normalized spacial score (nSPS) is 15.4. The molecule has 3 heterocycles. The average Bonchev–Trinajstić information content (AvgIpc) is 2.98. The van der Waals surface area contributed by atoms with Crippen molar-refractivity contribution in [3.63, 3.8) is 0 Å². The van der Waals surface area contributed by atoms with E-state index in [0.29, 0.717) is 37.4 Å². The Kier molecular flexibility index (Phi) is 3.34. The first-order chi connectivity index (χ1) is 11.2. The minimum Gasteiger partial charge on any atom is -0.448 e. The largest absolute Gasteiger partial charge is 0.448 e. The Morgan fingerprint density at radius 1 is 1.22 bits per heavy atom. The minimum absolute atomic E-state index is 0.0428. The highest BCUT2D eigenvalue weighted by atomic mass is 16.5. The Morgan fingerprint density at radius 3 is 2.83 bits per heavy atom. The first kappa shape index (κ1) is 14.0. The maximum atomic E-state index is 12.6. The number of hydrogen-bond acceptors (Lipinski definition) is 5. The Morgan fingerprint density at radius 2 is 2.00 bits per heavy atom. The summed E-state index contributed by atoms with van der Waals surface area (Å²) in [5.74, 6) is -0.118. The van der Waals surface area contributed by atoms with Crippen molar-refractivity contribution in [1.29, 1.82) is 0 Å². The van der Waals surface area contributed by atoms with Gasteiger partial charge >= 0.3 is 0 Å². The fraction of sp³-hybridized carbons (Fsp3) is 0.312. The quantitative estimate of drug-likeness (QED) is 0.705. The van der Waals surface area contributed by atoms with E-state index in [1.165, 1.54) is 10.9 Å². The van der Waals surface area contributed by atoms with Crippen LogP contribution in [0.1, 0.15) is 0 Å². The van der Waals surface area contributed by atoms with Crippen molar-refractivity contribution in [3.8, 4) is 0 Å². The summed E-state index contributed by atoms with van der Waals surface area (Å²) in [6.07, 6.45) is 1.41. The zero-order chi connectivity index (χ0) is 15.8. The van der Waals surface area contributed by atoms with Crippen LogP contribution in [0, 0.1) is 0 Å². The maximum Gasteiger partial charge on any atom is 0.297 e. The summed E-state index contributed by atoms with van der Waals surface area (Å²) in [6.45, 7) is 2.11. The number of amides is 1. The molecular weight excluding hydrogens is 298 g/mol. The molecule has 0 unspecified atom stereocenters. The van der Waals surface area contributed by atoms with E-state index in [4.69, 9.17) is 9.15 Å². The lowest BCUT2D eigenvalue weighted by Crippen LogP contribution is -2.43. The Bertz CT molecular complexity index is 937. The molecule has 0 N–H and O–H groups in total. The van der Waals surface area contributed by atoms with Gasteiger partial charge in [0.2, 0.25) is 11.5 Å². The lowest BCUT2D eigenvalue weighted by molar-refractivity contribution is -0.135. The molecule has 1 fully saturated rings. The number of aromatic nitrogens is 2. The van der Waals surface area contributed by atoms with Crippen LogP contribution < -0.4 is 5.56 Å². The van der Waals surface area contributed by atoms with Crippen LogP contribution >= 0.6 is 0 Å². The van der Waals surface area contributed by atoms with Crippen LogP contribution in [-0.4, -0.2) is 46.7 Å². The molecule has 0 atom stereocenters. The first-order valence-corrected chi connectivity index (χ1v) is 7.46. The molecule has 0 spiro atoms. The van der Waals surface area contributed by atoms with Crippen molar-refractivity contribution < 1.29 is 13.9 Å². The van der Waals surface area contributed by atoms with Gasteiger partial charge in [-0.15, -0.1) is 0 Å². The molecule has 0 radical (unpaired) electrons. The molecule has 1 aliphatic heterocycles. The average molecular weight is 313 g/mol. The van der Waals surface area contributed by atoms with Crippen LogP contribution in [0.3, 0.4) is 0 Å². The number of ether oxygens (including phenoxy) is 1. The van der Waals surface area contributed by atoms with Crippen LogP contribution in [0.15, 0.2) is 39.8 Å². The predicted octanol–water partition coefficient (Wildman–Crippen LogP) is 1.00. The topological polar surface area (TPSA) is 77.6 Å². The monoisotopic (exact) mass is 313 g/mol. The van der Waals surface area contributed by atoms with Crippen molar-refractivity contribution >= 4 is 28.0 Å². The zero-order valence-corrected chi connectivity index (χ0v) is 12.4. The highest BCUT2D eigenvalue weighted by molar-refractivity contribution is 6.01. The van der Waals surface area contributed by atoms with E-state index in [1.807, 2.05) is 18.2 Å². The van der Waals surface area contributed by atoms with E-state index < -0.39 is 0 Å². The number of carbonyl (C=O) groups excluding carboxylic acids is 1. The van der Waals surface area contributed by atoms with Gasteiger partial charge in [-0.2, -0.15) is 0 Å². The van der Waals surface area contributed by atoms with Gasteiger partial charge in [-0.25, -0.2) is 4.98 Å². The third-order valence-electron chi connectivity index (χ3n) is 4.02. The van der Waals surface area contributed by atoms with Gasteiger partial charge in [-0.3, -0.25) is 14.2 Å². The standard InChI is InChI=1S/C16H15N3O4/c20-13(18-5-7-22-8-6-18)9-19-10-17-14-11-3-1-2-4-12(11)23-15(14)16(19)21/h1-4,10H,5-9H2. The second-order valence-corrected chi connectivity index (χ2v) is 5.45. The highest BCUT2D eigenvalue weighted by Crippen LogP contribution is 2.23. The third-order valence-corrected chi connectivity index (χ3v) is 4.02. The van der Waals surface area contributed by atoms with Gasteiger partial charge in [-0.05, 0) is 12.1 Å². The maximum absolute atomic E-state index is 12.6. The smallest absolute Gasteiger partial charge is 0.297 e. The van der Waals surface area contributed by atoms with E-state index in [9.17, 15) is 9.59 Å². The Hall–Kier alpha value is -2.67. The Balaban J connectivity index is 1.70. The number of morpholine rings is 1. The van der Waals surface area contributed by atoms with Crippen LogP contribution in [0.25, 0.3) is 22.1 Å². The molecule has 1 amide bonds. The predicted molar refractivity (Wildman–Crippen MR) is 83.2 cm³/mol. The summed E-state index contributed by atoms with van der Waals surface area (Å²) in [6, 6.07) is 7.36. The van der Waals surface area contributed by atoms with Crippen molar-refractivity contribution in [2.24, 2.45) is 0 Å². The van der Waals surface area contributed by atoms with Gasteiger partial charge in [0.15, 0.2) is 0 Å². The number of hydrogen-bond donors (Lipinski definition) is 0. The fourth-order valence-corrected chi connectivity index (χ4v) is 2.79. The van der Waals surface area contributed by atoms with Gasteiger partial charge in [-0.1, -0.05) is 12.1 Å².